The summed E-state index contributed by atoms with van der Waals surface area (Å²) >= 11 is 0. The number of nitrogens with one attached hydrogen (secondary N) is 2. The number of benzene rings is 2. The molecule has 0 aliphatic carbocycles. The van der Waals surface area contributed by atoms with Crippen LogP contribution in [0.4, 0.5) is 16.0 Å². The number of ether oxygens (including phenoxy) is 1. The van der Waals surface area contributed by atoms with Crippen LogP contribution in [0.3, 0.4) is 0 Å². The Hall–Kier alpha value is -3.81. The minimum absolute atomic E-state index is 0.284. The van der Waals surface area contributed by atoms with Gasteiger partial charge in [-0.1, -0.05) is 12.1 Å². The van der Waals surface area contributed by atoms with Crippen LogP contribution in [0.1, 0.15) is 33.2 Å². The van der Waals surface area contributed by atoms with Crippen LogP contribution in [0.5, 0.6) is 0 Å². The van der Waals surface area contributed by atoms with E-state index in [-0.39, 0.29) is 17.3 Å². The Bertz CT molecular complexity index is 974. The number of amides is 1. The molecule has 0 spiro atoms. The molecule has 148 valence electrons. The molecular weight excluding hydrogens is 375 g/mol. The molecule has 0 atom stereocenters. The minimum atomic E-state index is -0.414. The third-order valence-electron chi connectivity index (χ3n) is 3.93. The maximum atomic E-state index is 12.9. The molecule has 29 heavy (non-hydrogen) atoms. The molecule has 1 aromatic heterocycles. The van der Waals surface area contributed by atoms with Crippen molar-refractivity contribution in [1.82, 2.24) is 9.97 Å². The molecule has 2 N–H and O–H groups in total. The molecular formula is C21H19FN4O3. The van der Waals surface area contributed by atoms with E-state index in [2.05, 4.69) is 20.6 Å². The number of nitrogens with zero attached hydrogens (tertiary/aromatic N) is 2. The molecule has 0 aliphatic heterocycles. The first-order valence-corrected chi connectivity index (χ1v) is 8.94. The lowest BCUT2D eigenvalue weighted by Crippen LogP contribution is -2.13. The maximum absolute atomic E-state index is 12.9. The summed E-state index contributed by atoms with van der Waals surface area (Å²) in [6.07, 6.45) is 2.81. The Balaban J connectivity index is 1.55. The van der Waals surface area contributed by atoms with Gasteiger partial charge in [0.15, 0.2) is 0 Å². The van der Waals surface area contributed by atoms with Crippen LogP contribution in [0.15, 0.2) is 60.9 Å². The second-order valence-electron chi connectivity index (χ2n) is 6.03. The van der Waals surface area contributed by atoms with E-state index < -0.39 is 5.97 Å². The highest BCUT2D eigenvalue weighted by Crippen LogP contribution is 2.13. The Morgan fingerprint density at radius 2 is 1.62 bits per heavy atom. The molecule has 0 aliphatic rings. The fraction of sp³-hybridized carbons (Fsp3) is 0.143. The molecule has 3 aromatic rings. The van der Waals surface area contributed by atoms with Crippen molar-refractivity contribution in [3.63, 3.8) is 0 Å². The predicted molar refractivity (Wildman–Crippen MR) is 106 cm³/mol. The van der Waals surface area contributed by atoms with E-state index in [9.17, 15) is 14.0 Å². The van der Waals surface area contributed by atoms with Gasteiger partial charge in [0.25, 0.3) is 5.91 Å². The third-order valence-corrected chi connectivity index (χ3v) is 3.93. The van der Waals surface area contributed by atoms with E-state index in [4.69, 9.17) is 4.74 Å². The monoisotopic (exact) mass is 394 g/mol. The number of rotatable bonds is 7. The molecule has 2 aromatic carbocycles. The van der Waals surface area contributed by atoms with Gasteiger partial charge in [0.2, 0.25) is 5.95 Å². The maximum Gasteiger partial charge on any atom is 0.338 e. The third kappa shape index (κ3) is 5.58. The van der Waals surface area contributed by atoms with Gasteiger partial charge in [-0.15, -0.1) is 0 Å². The lowest BCUT2D eigenvalue weighted by molar-refractivity contribution is 0.0526. The topological polar surface area (TPSA) is 93.2 Å². The van der Waals surface area contributed by atoms with Crippen LogP contribution >= 0.6 is 0 Å². The Kier molecular flexibility index (Phi) is 6.47. The van der Waals surface area contributed by atoms with Gasteiger partial charge >= 0.3 is 5.97 Å². The molecule has 0 fully saturated rings. The van der Waals surface area contributed by atoms with Crippen LogP contribution in [-0.2, 0) is 11.3 Å². The number of carbonyl (C=O) groups excluding carboxylic acids is 2. The Morgan fingerprint density at radius 3 is 2.24 bits per heavy atom. The SMILES string of the molecule is CCOC(=O)c1ccc(NC(=O)c2cnc(NCc3ccc(F)cc3)nc2)cc1. The second-order valence-corrected chi connectivity index (χ2v) is 6.03. The highest BCUT2D eigenvalue weighted by atomic mass is 19.1. The molecule has 0 radical (unpaired) electrons. The number of hydrogen-bond donors (Lipinski definition) is 2. The smallest absolute Gasteiger partial charge is 0.338 e. The van der Waals surface area contributed by atoms with Crippen molar-refractivity contribution >= 4 is 23.5 Å². The first-order chi connectivity index (χ1) is 14.0. The summed E-state index contributed by atoms with van der Waals surface area (Å²) in [4.78, 5) is 32.2. The van der Waals surface area contributed by atoms with Crippen LogP contribution in [0.25, 0.3) is 0 Å². The highest BCUT2D eigenvalue weighted by molar-refractivity contribution is 6.04. The van der Waals surface area contributed by atoms with Gasteiger partial charge in [-0.25, -0.2) is 19.2 Å². The van der Waals surface area contributed by atoms with Gasteiger partial charge in [-0.2, -0.15) is 0 Å². The zero-order valence-corrected chi connectivity index (χ0v) is 15.7. The standard InChI is InChI=1S/C21H19FN4O3/c1-2-29-20(28)15-5-9-18(10-6-15)26-19(27)16-12-24-21(25-13-16)23-11-14-3-7-17(22)8-4-14/h3-10,12-13H,2,11H2,1H3,(H,26,27)(H,23,24,25). The number of anilines is 2. The second kappa shape index (κ2) is 9.41. The lowest BCUT2D eigenvalue weighted by atomic mass is 10.2. The normalized spacial score (nSPS) is 10.3. The summed E-state index contributed by atoms with van der Waals surface area (Å²) in [5, 5.41) is 5.72. The first-order valence-electron chi connectivity index (χ1n) is 8.94. The van der Waals surface area contributed by atoms with Crippen molar-refractivity contribution < 1.29 is 18.7 Å². The zero-order valence-electron chi connectivity index (χ0n) is 15.7. The van der Waals surface area contributed by atoms with Crippen LogP contribution in [-0.4, -0.2) is 28.5 Å². The average Bonchev–Trinajstić information content (AvgIpc) is 2.74. The number of halogens is 1. The molecule has 7 nitrogen and oxygen atoms in total. The minimum Gasteiger partial charge on any atom is -0.462 e. The van der Waals surface area contributed by atoms with Crippen molar-refractivity contribution in [2.45, 2.75) is 13.5 Å². The van der Waals surface area contributed by atoms with Gasteiger partial charge in [-0.05, 0) is 48.9 Å². The van der Waals surface area contributed by atoms with Gasteiger partial charge in [0.1, 0.15) is 5.82 Å². The van der Waals surface area contributed by atoms with Gasteiger partial charge in [0, 0.05) is 24.6 Å². The summed E-state index contributed by atoms with van der Waals surface area (Å²) in [5.41, 5.74) is 2.10. The molecule has 0 unspecified atom stereocenters. The summed E-state index contributed by atoms with van der Waals surface area (Å²) in [6, 6.07) is 12.5. The number of aromatic nitrogens is 2. The summed E-state index contributed by atoms with van der Waals surface area (Å²) < 4.78 is 17.8. The van der Waals surface area contributed by atoms with Crippen molar-refractivity contribution in [2.75, 3.05) is 17.2 Å². The highest BCUT2D eigenvalue weighted by Gasteiger charge is 2.10. The van der Waals surface area contributed by atoms with Crippen molar-refractivity contribution in [2.24, 2.45) is 0 Å². The molecule has 0 saturated carbocycles. The van der Waals surface area contributed by atoms with Gasteiger partial charge < -0.3 is 15.4 Å². The van der Waals surface area contributed by atoms with Crippen LogP contribution in [0, 0.1) is 5.82 Å². The van der Waals surface area contributed by atoms with Crippen molar-refractivity contribution in [3.05, 3.63) is 83.4 Å². The molecule has 1 amide bonds. The van der Waals surface area contributed by atoms with Crippen LogP contribution in [0.2, 0.25) is 0 Å². The van der Waals surface area contributed by atoms with E-state index in [0.29, 0.717) is 30.4 Å². The first kappa shape index (κ1) is 19.9. The summed E-state index contributed by atoms with van der Waals surface area (Å²) in [6.45, 7) is 2.46. The van der Waals surface area contributed by atoms with Crippen molar-refractivity contribution in [1.29, 1.82) is 0 Å². The number of esters is 1. The molecule has 1 heterocycles. The van der Waals surface area contributed by atoms with E-state index in [0.717, 1.165) is 5.56 Å². The quantitative estimate of drug-likeness (QED) is 0.594. The predicted octanol–water partition coefficient (Wildman–Crippen LogP) is 3.66. The number of carbonyl (C=O) groups is 2. The molecule has 3 rings (SSSR count). The van der Waals surface area contributed by atoms with Crippen LogP contribution < -0.4 is 10.6 Å². The Labute approximate surface area is 167 Å². The van der Waals surface area contributed by atoms with E-state index in [1.165, 1.54) is 24.5 Å². The summed E-state index contributed by atoms with van der Waals surface area (Å²) in [7, 11) is 0. The van der Waals surface area contributed by atoms with E-state index >= 15 is 0 Å². The van der Waals surface area contributed by atoms with Crippen molar-refractivity contribution in [3.8, 4) is 0 Å². The largest absolute Gasteiger partial charge is 0.462 e. The van der Waals surface area contributed by atoms with Gasteiger partial charge in [-0.3, -0.25) is 4.79 Å². The zero-order chi connectivity index (χ0) is 20.6. The molecule has 0 bridgehead atoms. The fourth-order valence-corrected chi connectivity index (χ4v) is 2.43. The van der Waals surface area contributed by atoms with E-state index in [1.807, 2.05) is 0 Å². The summed E-state index contributed by atoms with van der Waals surface area (Å²) in [5.74, 6) is -0.734. The average molecular weight is 394 g/mol. The lowest BCUT2D eigenvalue weighted by Gasteiger charge is -2.08. The van der Waals surface area contributed by atoms with Gasteiger partial charge in [0.05, 0.1) is 17.7 Å². The molecule has 0 saturated heterocycles. The van der Waals surface area contributed by atoms with E-state index in [1.54, 1.807) is 43.3 Å². The Morgan fingerprint density at radius 1 is 0.966 bits per heavy atom. The number of hydrogen-bond acceptors (Lipinski definition) is 6. The molecule has 8 heteroatoms. The fourth-order valence-electron chi connectivity index (χ4n) is 2.43.